The van der Waals surface area contributed by atoms with Gasteiger partial charge in [0, 0.05) is 19.2 Å². The highest BCUT2D eigenvalue weighted by Crippen LogP contribution is 2.29. The van der Waals surface area contributed by atoms with Crippen LogP contribution < -0.4 is 25.0 Å². The molecule has 1 aliphatic rings. The molecular weight excluding hydrogens is 346 g/mol. The maximum atomic E-state index is 12.5. The smallest absolute Gasteiger partial charge is 0.243 e. The number of methoxy groups -OCH3 is 2. The molecule has 1 amide bonds. The molecule has 144 valence electrons. The van der Waals surface area contributed by atoms with Crippen LogP contribution in [-0.2, 0) is 9.53 Å². The van der Waals surface area contributed by atoms with E-state index in [9.17, 15) is 4.79 Å². The summed E-state index contributed by atoms with van der Waals surface area (Å²) in [6, 6.07) is 13.2. The van der Waals surface area contributed by atoms with Gasteiger partial charge in [0.2, 0.25) is 5.91 Å². The molecule has 2 aromatic carbocycles. The molecule has 3 rings (SSSR count). The molecule has 0 aromatic heterocycles. The van der Waals surface area contributed by atoms with E-state index in [-0.39, 0.29) is 12.5 Å². The predicted molar refractivity (Wildman–Crippen MR) is 106 cm³/mol. The number of amides is 1. The highest BCUT2D eigenvalue weighted by Gasteiger charge is 2.16. The highest BCUT2D eigenvalue weighted by atomic mass is 16.5. The number of rotatable bonds is 7. The van der Waals surface area contributed by atoms with E-state index >= 15 is 0 Å². The van der Waals surface area contributed by atoms with Crippen LogP contribution in [0.25, 0.3) is 0 Å². The van der Waals surface area contributed by atoms with Gasteiger partial charge in [-0.1, -0.05) is 12.1 Å². The molecule has 0 aliphatic carbocycles. The van der Waals surface area contributed by atoms with Crippen LogP contribution in [0.15, 0.2) is 42.5 Å². The first kappa shape index (κ1) is 18.8. The standard InChI is InChI=1S/C20H25N3O4/c1-25-15-7-8-19(26-2)17(13-15)21-14-20(24)22-16-5-3-4-6-18(16)23-9-11-27-12-10-23/h3-8,13,21H,9-12,14H2,1-2H3,(H,22,24). The average Bonchev–Trinajstić information content (AvgIpc) is 2.73. The molecule has 0 unspecified atom stereocenters. The van der Waals surface area contributed by atoms with Gasteiger partial charge in [0.15, 0.2) is 0 Å². The Morgan fingerprint density at radius 2 is 1.85 bits per heavy atom. The molecule has 1 fully saturated rings. The third-order valence-electron chi connectivity index (χ3n) is 4.38. The SMILES string of the molecule is COc1ccc(OC)c(NCC(=O)Nc2ccccc2N2CCOCC2)c1. The van der Waals surface area contributed by atoms with Crippen molar-refractivity contribution < 1.29 is 19.0 Å². The second kappa shape index (κ2) is 9.14. The Kier molecular flexibility index (Phi) is 6.38. The number of hydrogen-bond acceptors (Lipinski definition) is 6. The summed E-state index contributed by atoms with van der Waals surface area (Å²) < 4.78 is 16.0. The van der Waals surface area contributed by atoms with Crippen molar-refractivity contribution >= 4 is 23.0 Å². The third-order valence-corrected chi connectivity index (χ3v) is 4.38. The van der Waals surface area contributed by atoms with Crippen LogP contribution in [0.5, 0.6) is 11.5 Å². The lowest BCUT2D eigenvalue weighted by Gasteiger charge is -2.30. The zero-order valence-electron chi connectivity index (χ0n) is 15.7. The van der Waals surface area contributed by atoms with Crippen LogP contribution in [-0.4, -0.2) is 53.0 Å². The largest absolute Gasteiger partial charge is 0.497 e. The van der Waals surface area contributed by atoms with E-state index in [0.717, 1.165) is 24.5 Å². The second-order valence-corrected chi connectivity index (χ2v) is 6.08. The van der Waals surface area contributed by atoms with Crippen molar-refractivity contribution in [1.29, 1.82) is 0 Å². The summed E-state index contributed by atoms with van der Waals surface area (Å²) in [5.74, 6) is 1.20. The van der Waals surface area contributed by atoms with Gasteiger partial charge in [-0.25, -0.2) is 0 Å². The number of hydrogen-bond donors (Lipinski definition) is 2. The summed E-state index contributed by atoms with van der Waals surface area (Å²) >= 11 is 0. The van der Waals surface area contributed by atoms with Crippen molar-refractivity contribution in [2.45, 2.75) is 0 Å². The fraction of sp³-hybridized carbons (Fsp3) is 0.350. The first-order valence-electron chi connectivity index (χ1n) is 8.88. The molecule has 0 atom stereocenters. The normalized spacial score (nSPS) is 13.8. The summed E-state index contributed by atoms with van der Waals surface area (Å²) in [5.41, 5.74) is 2.50. The highest BCUT2D eigenvalue weighted by molar-refractivity contribution is 5.97. The van der Waals surface area contributed by atoms with Crippen molar-refractivity contribution in [3.63, 3.8) is 0 Å². The number of carbonyl (C=O) groups excluding carboxylic acids is 1. The summed E-state index contributed by atoms with van der Waals surface area (Å²) in [5, 5.41) is 6.10. The molecule has 27 heavy (non-hydrogen) atoms. The van der Waals surface area contributed by atoms with Gasteiger partial charge in [0.25, 0.3) is 0 Å². The molecule has 2 N–H and O–H groups in total. The fourth-order valence-electron chi connectivity index (χ4n) is 2.98. The van der Waals surface area contributed by atoms with E-state index in [1.807, 2.05) is 30.3 Å². The molecule has 1 heterocycles. The van der Waals surface area contributed by atoms with E-state index in [1.54, 1.807) is 26.4 Å². The van der Waals surface area contributed by atoms with Crippen LogP contribution >= 0.6 is 0 Å². The quantitative estimate of drug-likeness (QED) is 0.780. The molecule has 7 heteroatoms. The van der Waals surface area contributed by atoms with Gasteiger partial charge in [0.05, 0.1) is 51.0 Å². The van der Waals surface area contributed by atoms with Crippen molar-refractivity contribution in [3.05, 3.63) is 42.5 Å². The Morgan fingerprint density at radius 3 is 2.59 bits per heavy atom. The lowest BCUT2D eigenvalue weighted by molar-refractivity contribution is -0.114. The Labute approximate surface area is 159 Å². The van der Waals surface area contributed by atoms with E-state index in [0.29, 0.717) is 30.4 Å². The minimum Gasteiger partial charge on any atom is -0.497 e. The number of carbonyl (C=O) groups is 1. The number of anilines is 3. The fourth-order valence-corrected chi connectivity index (χ4v) is 2.98. The number of para-hydroxylation sites is 2. The summed E-state index contributed by atoms with van der Waals surface area (Å²) in [6.45, 7) is 3.12. The third kappa shape index (κ3) is 4.83. The zero-order chi connectivity index (χ0) is 19.1. The van der Waals surface area contributed by atoms with Crippen LogP contribution in [0, 0.1) is 0 Å². The van der Waals surface area contributed by atoms with Gasteiger partial charge in [-0.15, -0.1) is 0 Å². The van der Waals surface area contributed by atoms with Crippen LogP contribution in [0.1, 0.15) is 0 Å². The van der Waals surface area contributed by atoms with Crippen LogP contribution in [0.4, 0.5) is 17.1 Å². The number of nitrogens with zero attached hydrogens (tertiary/aromatic N) is 1. The minimum atomic E-state index is -0.138. The van der Waals surface area contributed by atoms with Gasteiger partial charge < -0.3 is 29.7 Å². The summed E-state index contributed by atoms with van der Waals surface area (Å²) in [7, 11) is 3.19. The monoisotopic (exact) mass is 371 g/mol. The maximum absolute atomic E-state index is 12.5. The molecule has 0 saturated carbocycles. The van der Waals surface area contributed by atoms with Crippen LogP contribution in [0.3, 0.4) is 0 Å². The zero-order valence-corrected chi connectivity index (χ0v) is 15.7. The van der Waals surface area contributed by atoms with E-state index < -0.39 is 0 Å². The first-order valence-corrected chi connectivity index (χ1v) is 8.88. The molecule has 7 nitrogen and oxygen atoms in total. The van der Waals surface area contributed by atoms with E-state index in [2.05, 4.69) is 15.5 Å². The summed E-state index contributed by atoms with van der Waals surface area (Å²) in [4.78, 5) is 14.7. The van der Waals surface area contributed by atoms with Gasteiger partial charge >= 0.3 is 0 Å². The number of nitrogens with one attached hydrogen (secondary N) is 2. The molecule has 0 bridgehead atoms. The molecular formula is C20H25N3O4. The number of morpholine rings is 1. The lowest BCUT2D eigenvalue weighted by Crippen LogP contribution is -2.37. The van der Waals surface area contributed by atoms with Crippen LogP contribution in [0.2, 0.25) is 0 Å². The molecule has 1 saturated heterocycles. The number of ether oxygens (including phenoxy) is 3. The average molecular weight is 371 g/mol. The predicted octanol–water partition coefficient (Wildman–Crippen LogP) is 2.59. The Hall–Kier alpha value is -2.93. The molecule has 0 radical (unpaired) electrons. The Balaban J connectivity index is 1.65. The van der Waals surface area contributed by atoms with Gasteiger partial charge in [-0.05, 0) is 24.3 Å². The number of benzene rings is 2. The van der Waals surface area contributed by atoms with Gasteiger partial charge in [-0.3, -0.25) is 4.79 Å². The van der Waals surface area contributed by atoms with Gasteiger partial charge in [-0.2, -0.15) is 0 Å². The first-order chi connectivity index (χ1) is 13.2. The Morgan fingerprint density at radius 1 is 1.07 bits per heavy atom. The molecule has 1 aliphatic heterocycles. The minimum absolute atomic E-state index is 0.112. The van der Waals surface area contributed by atoms with Crippen molar-refractivity contribution in [1.82, 2.24) is 0 Å². The van der Waals surface area contributed by atoms with Gasteiger partial charge in [0.1, 0.15) is 11.5 Å². The second-order valence-electron chi connectivity index (χ2n) is 6.08. The molecule has 2 aromatic rings. The van der Waals surface area contributed by atoms with Crippen molar-refractivity contribution in [2.24, 2.45) is 0 Å². The maximum Gasteiger partial charge on any atom is 0.243 e. The molecule has 0 spiro atoms. The lowest BCUT2D eigenvalue weighted by atomic mass is 10.2. The Bertz CT molecular complexity index is 776. The van der Waals surface area contributed by atoms with E-state index in [4.69, 9.17) is 14.2 Å². The van der Waals surface area contributed by atoms with Crippen molar-refractivity contribution in [2.75, 3.05) is 62.6 Å². The summed E-state index contributed by atoms with van der Waals surface area (Å²) in [6.07, 6.45) is 0. The topological polar surface area (TPSA) is 72.1 Å². The van der Waals surface area contributed by atoms with E-state index in [1.165, 1.54) is 0 Å². The van der Waals surface area contributed by atoms with Crippen molar-refractivity contribution in [3.8, 4) is 11.5 Å².